The molecular formula is C18H23N3O2. The Kier molecular flexibility index (Phi) is 3.34. The van der Waals surface area contributed by atoms with E-state index in [0.717, 1.165) is 36.2 Å². The van der Waals surface area contributed by atoms with Gasteiger partial charge in [0.25, 0.3) is 5.91 Å². The Morgan fingerprint density at radius 1 is 1.30 bits per heavy atom. The third kappa shape index (κ3) is 2.30. The highest BCUT2D eigenvalue weighted by Gasteiger charge is 2.35. The molecule has 2 aromatic rings. The van der Waals surface area contributed by atoms with E-state index in [1.54, 1.807) is 12.1 Å². The maximum atomic E-state index is 12.9. The Hall–Kier alpha value is -2.01. The van der Waals surface area contributed by atoms with E-state index < -0.39 is 0 Å². The van der Waals surface area contributed by atoms with Gasteiger partial charge in [0.15, 0.2) is 0 Å². The highest BCUT2D eigenvalue weighted by molar-refractivity contribution is 6.08. The maximum Gasteiger partial charge on any atom is 0.254 e. The van der Waals surface area contributed by atoms with Crippen LogP contribution in [0.2, 0.25) is 0 Å². The number of phenols is 1. The van der Waals surface area contributed by atoms with Crippen LogP contribution in [0.5, 0.6) is 5.75 Å². The molecule has 0 spiro atoms. The molecule has 0 saturated carbocycles. The number of aryl methyl sites for hydroxylation is 1. The molecule has 1 aromatic carbocycles. The van der Waals surface area contributed by atoms with Crippen molar-refractivity contribution in [2.45, 2.75) is 25.8 Å². The summed E-state index contributed by atoms with van der Waals surface area (Å²) in [5.41, 5.74) is 2.60. The lowest BCUT2D eigenvalue weighted by molar-refractivity contribution is 0.0621. The summed E-state index contributed by atoms with van der Waals surface area (Å²) in [7, 11) is 1.96. The fourth-order valence-electron chi connectivity index (χ4n) is 4.22. The lowest BCUT2D eigenvalue weighted by atomic mass is 9.84. The summed E-state index contributed by atoms with van der Waals surface area (Å²) in [5, 5.41) is 13.9. The number of nitrogens with zero attached hydrogens (tertiary/aromatic N) is 2. The van der Waals surface area contributed by atoms with Crippen LogP contribution in [0, 0.1) is 12.8 Å². The van der Waals surface area contributed by atoms with Crippen LogP contribution in [0.1, 0.15) is 28.9 Å². The molecule has 0 radical (unpaired) electrons. The summed E-state index contributed by atoms with van der Waals surface area (Å²) >= 11 is 0. The average molecular weight is 313 g/mol. The number of phenolic OH excluding ortho intramolecular Hbond substituents is 1. The highest BCUT2D eigenvalue weighted by Crippen LogP contribution is 2.30. The summed E-state index contributed by atoms with van der Waals surface area (Å²) in [5.74, 6) is 0.782. The van der Waals surface area contributed by atoms with Gasteiger partial charge in [-0.3, -0.25) is 4.79 Å². The Morgan fingerprint density at radius 2 is 2.04 bits per heavy atom. The second kappa shape index (κ2) is 5.27. The normalized spacial score (nSPS) is 26.6. The van der Waals surface area contributed by atoms with Crippen molar-refractivity contribution < 1.29 is 9.90 Å². The smallest absolute Gasteiger partial charge is 0.254 e. The van der Waals surface area contributed by atoms with E-state index in [9.17, 15) is 9.90 Å². The second-order valence-corrected chi connectivity index (χ2v) is 6.94. The molecule has 0 unspecified atom stereocenters. The van der Waals surface area contributed by atoms with Crippen LogP contribution in [0.3, 0.4) is 0 Å². The number of aromatic nitrogens is 1. The van der Waals surface area contributed by atoms with Crippen LogP contribution in [0.15, 0.2) is 18.2 Å². The van der Waals surface area contributed by atoms with Crippen molar-refractivity contribution >= 4 is 16.8 Å². The molecule has 122 valence electrons. The van der Waals surface area contributed by atoms with Crippen molar-refractivity contribution in [1.82, 2.24) is 14.8 Å². The van der Waals surface area contributed by atoms with Crippen molar-refractivity contribution in [1.29, 1.82) is 0 Å². The minimum atomic E-state index is -0.0163. The first-order chi connectivity index (χ1) is 11.0. The number of benzene rings is 1. The van der Waals surface area contributed by atoms with Crippen LogP contribution in [0.25, 0.3) is 10.9 Å². The summed E-state index contributed by atoms with van der Waals surface area (Å²) < 4.78 is 2.01. The first-order valence-corrected chi connectivity index (χ1v) is 8.36. The van der Waals surface area contributed by atoms with Gasteiger partial charge in [-0.15, -0.1) is 0 Å². The molecule has 1 atom stereocenters. The average Bonchev–Trinajstić information content (AvgIpc) is 2.79. The molecule has 5 heteroatoms. The van der Waals surface area contributed by atoms with E-state index in [2.05, 4.69) is 10.2 Å². The van der Waals surface area contributed by atoms with E-state index in [1.165, 1.54) is 12.8 Å². The van der Waals surface area contributed by atoms with Gasteiger partial charge in [-0.2, -0.15) is 0 Å². The van der Waals surface area contributed by atoms with E-state index in [0.29, 0.717) is 11.5 Å². The van der Waals surface area contributed by atoms with Gasteiger partial charge in [-0.1, -0.05) is 0 Å². The fourth-order valence-corrected chi connectivity index (χ4v) is 4.22. The van der Waals surface area contributed by atoms with Gasteiger partial charge in [0, 0.05) is 36.2 Å². The summed E-state index contributed by atoms with van der Waals surface area (Å²) in [6.45, 7) is 5.25. The van der Waals surface area contributed by atoms with Crippen molar-refractivity contribution in [2.75, 3.05) is 19.6 Å². The van der Waals surface area contributed by atoms with Crippen LogP contribution >= 0.6 is 0 Å². The minimum absolute atomic E-state index is 0.0163. The second-order valence-electron chi connectivity index (χ2n) is 6.94. The van der Waals surface area contributed by atoms with Crippen molar-refractivity contribution in [3.63, 3.8) is 0 Å². The Labute approximate surface area is 135 Å². The molecule has 2 N–H and O–H groups in total. The fraction of sp³-hybridized carbons (Fsp3) is 0.500. The van der Waals surface area contributed by atoms with Gasteiger partial charge < -0.3 is 19.9 Å². The van der Waals surface area contributed by atoms with Crippen molar-refractivity contribution in [3.8, 4) is 5.75 Å². The number of aromatic hydroxyl groups is 1. The first-order valence-electron chi connectivity index (χ1n) is 8.36. The van der Waals surface area contributed by atoms with E-state index in [4.69, 9.17) is 0 Å². The molecule has 4 heterocycles. The van der Waals surface area contributed by atoms with Crippen molar-refractivity contribution in [2.24, 2.45) is 13.0 Å². The van der Waals surface area contributed by atoms with E-state index >= 15 is 0 Å². The highest BCUT2D eigenvalue weighted by atomic mass is 16.3. The summed E-state index contributed by atoms with van der Waals surface area (Å²) in [6, 6.07) is 5.46. The van der Waals surface area contributed by atoms with Gasteiger partial charge in [0.05, 0.1) is 5.56 Å². The molecule has 5 nitrogen and oxygen atoms in total. The Balaban J connectivity index is 1.67. The van der Waals surface area contributed by atoms with Crippen LogP contribution in [0.4, 0.5) is 0 Å². The molecule has 2 bridgehead atoms. The van der Waals surface area contributed by atoms with Gasteiger partial charge in [0.2, 0.25) is 0 Å². The molecule has 1 amide bonds. The molecule has 1 aromatic heterocycles. The lowest BCUT2D eigenvalue weighted by Crippen LogP contribution is -2.57. The molecule has 3 aliphatic heterocycles. The number of rotatable bonds is 2. The number of carbonyl (C=O) groups excluding carboxylic acids is 1. The maximum absolute atomic E-state index is 12.9. The molecule has 3 aliphatic rings. The number of hydrogen-bond acceptors (Lipinski definition) is 3. The van der Waals surface area contributed by atoms with Crippen LogP contribution in [-0.4, -0.2) is 46.2 Å². The molecule has 5 rings (SSSR count). The largest absolute Gasteiger partial charge is 0.508 e. The zero-order valence-corrected chi connectivity index (χ0v) is 13.7. The van der Waals surface area contributed by atoms with E-state index in [1.807, 2.05) is 24.6 Å². The van der Waals surface area contributed by atoms with Gasteiger partial charge in [-0.25, -0.2) is 0 Å². The van der Waals surface area contributed by atoms with Gasteiger partial charge >= 0.3 is 0 Å². The molecular weight excluding hydrogens is 290 g/mol. The number of carbonyl (C=O) groups is 1. The number of hydrogen-bond donors (Lipinski definition) is 2. The zero-order valence-electron chi connectivity index (χ0n) is 13.7. The van der Waals surface area contributed by atoms with Gasteiger partial charge in [-0.05, 0) is 57.0 Å². The zero-order chi connectivity index (χ0) is 16.1. The van der Waals surface area contributed by atoms with Crippen LogP contribution in [-0.2, 0) is 7.05 Å². The third-order valence-corrected chi connectivity index (χ3v) is 5.68. The Morgan fingerprint density at radius 3 is 2.70 bits per heavy atom. The Bertz CT molecular complexity index is 772. The topological polar surface area (TPSA) is 57.5 Å². The molecule has 3 fully saturated rings. The number of amides is 1. The molecule has 0 aliphatic carbocycles. The number of fused-ring (bicyclic) bond motifs is 4. The molecule has 3 saturated heterocycles. The monoisotopic (exact) mass is 313 g/mol. The van der Waals surface area contributed by atoms with E-state index in [-0.39, 0.29) is 17.7 Å². The quantitative estimate of drug-likeness (QED) is 0.892. The lowest BCUT2D eigenvalue weighted by Gasteiger charge is -2.44. The minimum Gasteiger partial charge on any atom is -0.508 e. The third-order valence-electron chi connectivity index (χ3n) is 5.68. The standard InChI is InChI=1S/C18H23N3O2/c1-11-17(14-9-13(22)3-4-16(14)20(11)2)18(23)19-15-10-21-7-5-12(15)6-8-21/h3-4,9,12,15,22H,5-8,10H2,1-2H3,(H,19,23)/t15-/m0/s1. The number of piperidine rings is 3. The van der Waals surface area contributed by atoms with Gasteiger partial charge in [0.1, 0.15) is 5.75 Å². The SMILES string of the molecule is Cc1c(C(=O)N[C@H]2CN3CCC2CC3)c2cc(O)ccc2n1C. The molecule has 23 heavy (non-hydrogen) atoms. The predicted octanol–water partition coefficient (Wildman–Crippen LogP) is 2.02. The predicted molar refractivity (Wildman–Crippen MR) is 89.7 cm³/mol. The summed E-state index contributed by atoms with van der Waals surface area (Å²) in [6.07, 6.45) is 2.36. The summed E-state index contributed by atoms with van der Waals surface area (Å²) in [4.78, 5) is 15.4. The van der Waals surface area contributed by atoms with Crippen LogP contribution < -0.4 is 5.32 Å². The van der Waals surface area contributed by atoms with Crippen molar-refractivity contribution in [3.05, 3.63) is 29.5 Å². The number of nitrogens with one attached hydrogen (secondary N) is 1. The first kappa shape index (κ1) is 14.6.